The van der Waals surface area contributed by atoms with Gasteiger partial charge in [-0.15, -0.1) is 0 Å². The van der Waals surface area contributed by atoms with Crippen molar-refractivity contribution < 1.29 is 4.79 Å². The first-order valence-corrected chi connectivity index (χ1v) is 7.16. The highest BCUT2D eigenvalue weighted by Crippen LogP contribution is 2.29. The maximum atomic E-state index is 12.2. The fourth-order valence-corrected chi connectivity index (χ4v) is 3.28. The maximum absolute atomic E-state index is 12.2. The number of nitrogens with zero attached hydrogens (tertiary/aromatic N) is 4. The second-order valence-electron chi connectivity index (χ2n) is 5.37. The van der Waals surface area contributed by atoms with Crippen LogP contribution in [0.1, 0.15) is 32.0 Å². The molecule has 2 atom stereocenters. The Balaban J connectivity index is 1.78. The molecule has 1 aromatic heterocycles. The second kappa shape index (κ2) is 5.28. The number of aromatic nitrogens is 3. The molecule has 0 aliphatic carbocycles. The van der Waals surface area contributed by atoms with E-state index in [0.717, 1.165) is 38.3 Å². The Kier molecular flexibility index (Phi) is 3.50. The van der Waals surface area contributed by atoms with Crippen LogP contribution in [-0.2, 0) is 17.9 Å². The van der Waals surface area contributed by atoms with Gasteiger partial charge < -0.3 is 10.2 Å². The van der Waals surface area contributed by atoms with Gasteiger partial charge in [0, 0.05) is 19.0 Å². The van der Waals surface area contributed by atoms with Crippen LogP contribution < -0.4 is 5.32 Å². The van der Waals surface area contributed by atoms with Crippen LogP contribution in [0.5, 0.6) is 0 Å². The average Bonchev–Trinajstić information content (AvgIpc) is 2.89. The molecule has 2 aliphatic rings. The molecule has 3 heterocycles. The number of amides is 1. The van der Waals surface area contributed by atoms with Gasteiger partial charge in [-0.25, -0.2) is 9.67 Å². The van der Waals surface area contributed by atoms with Crippen molar-refractivity contribution in [2.24, 2.45) is 5.92 Å². The molecule has 104 valence electrons. The van der Waals surface area contributed by atoms with Crippen molar-refractivity contribution in [3.8, 4) is 0 Å². The van der Waals surface area contributed by atoms with Gasteiger partial charge in [0.2, 0.25) is 5.91 Å². The standard InChI is InChI=1S/C13H21N5O/c1-2-18-12(15-9-16-18)8-17-11-5-6-14-7-10(11)3-4-13(17)19/h9-11,14H,2-8H2,1H3. The fourth-order valence-electron chi connectivity index (χ4n) is 3.28. The van der Waals surface area contributed by atoms with E-state index in [2.05, 4.69) is 15.4 Å². The Labute approximate surface area is 113 Å². The summed E-state index contributed by atoms with van der Waals surface area (Å²) in [6, 6.07) is 0.379. The van der Waals surface area contributed by atoms with E-state index in [1.807, 2.05) is 16.5 Å². The van der Waals surface area contributed by atoms with E-state index in [-0.39, 0.29) is 5.91 Å². The van der Waals surface area contributed by atoms with Gasteiger partial charge in [-0.05, 0) is 38.8 Å². The Morgan fingerprint density at radius 3 is 3.21 bits per heavy atom. The molecule has 2 unspecified atom stereocenters. The van der Waals surface area contributed by atoms with Crippen molar-refractivity contribution in [3.63, 3.8) is 0 Å². The molecule has 6 nitrogen and oxygen atoms in total. The molecule has 0 radical (unpaired) electrons. The lowest BCUT2D eigenvalue weighted by Crippen LogP contribution is -2.54. The van der Waals surface area contributed by atoms with Crippen LogP contribution in [-0.4, -0.2) is 44.7 Å². The highest BCUT2D eigenvalue weighted by atomic mass is 16.2. The molecule has 0 saturated carbocycles. The second-order valence-corrected chi connectivity index (χ2v) is 5.37. The van der Waals surface area contributed by atoms with Crippen LogP contribution in [0.15, 0.2) is 6.33 Å². The lowest BCUT2D eigenvalue weighted by atomic mass is 9.84. The molecule has 1 N–H and O–H groups in total. The SMILES string of the molecule is CCn1ncnc1CN1C(=O)CCC2CNCCC21. The summed E-state index contributed by atoms with van der Waals surface area (Å²) >= 11 is 0. The zero-order valence-electron chi connectivity index (χ0n) is 11.4. The minimum Gasteiger partial charge on any atom is -0.332 e. The molecule has 0 aromatic carbocycles. The summed E-state index contributed by atoms with van der Waals surface area (Å²) < 4.78 is 1.87. The van der Waals surface area contributed by atoms with Crippen molar-refractivity contribution in [2.75, 3.05) is 13.1 Å². The third-order valence-corrected chi connectivity index (χ3v) is 4.32. The normalized spacial score (nSPS) is 27.4. The number of rotatable bonds is 3. The molecule has 3 rings (SSSR count). The Hall–Kier alpha value is -1.43. The van der Waals surface area contributed by atoms with Crippen molar-refractivity contribution >= 4 is 5.91 Å². The number of fused-ring (bicyclic) bond motifs is 1. The van der Waals surface area contributed by atoms with Crippen molar-refractivity contribution in [3.05, 3.63) is 12.2 Å². The molecule has 6 heteroatoms. The largest absolute Gasteiger partial charge is 0.332 e. The van der Waals surface area contributed by atoms with Gasteiger partial charge >= 0.3 is 0 Å². The summed E-state index contributed by atoms with van der Waals surface area (Å²) in [4.78, 5) is 18.6. The van der Waals surface area contributed by atoms with Gasteiger partial charge in [-0.1, -0.05) is 0 Å². The summed E-state index contributed by atoms with van der Waals surface area (Å²) in [5.41, 5.74) is 0. The molecule has 2 aliphatic heterocycles. The average molecular weight is 263 g/mol. The van der Waals surface area contributed by atoms with E-state index in [9.17, 15) is 4.79 Å². The third kappa shape index (κ3) is 2.36. The summed E-state index contributed by atoms with van der Waals surface area (Å²) in [6.07, 6.45) is 4.32. The first kappa shape index (κ1) is 12.6. The number of nitrogens with one attached hydrogen (secondary N) is 1. The summed E-state index contributed by atoms with van der Waals surface area (Å²) in [7, 11) is 0. The van der Waals surface area contributed by atoms with Crippen molar-refractivity contribution in [1.82, 2.24) is 25.0 Å². The van der Waals surface area contributed by atoms with E-state index in [1.54, 1.807) is 6.33 Å². The molecular formula is C13H21N5O. The van der Waals surface area contributed by atoms with Crippen LogP contribution in [0, 0.1) is 5.92 Å². The number of hydrogen-bond donors (Lipinski definition) is 1. The molecule has 19 heavy (non-hydrogen) atoms. The van der Waals surface area contributed by atoms with E-state index in [4.69, 9.17) is 0 Å². The quantitative estimate of drug-likeness (QED) is 0.857. The highest BCUT2D eigenvalue weighted by molar-refractivity contribution is 5.77. The number of piperidine rings is 2. The number of carbonyl (C=O) groups excluding carboxylic acids is 1. The number of hydrogen-bond acceptors (Lipinski definition) is 4. The highest BCUT2D eigenvalue weighted by Gasteiger charge is 2.37. The van der Waals surface area contributed by atoms with Crippen LogP contribution in [0.4, 0.5) is 0 Å². The minimum absolute atomic E-state index is 0.272. The summed E-state index contributed by atoms with van der Waals surface area (Å²) in [5.74, 6) is 1.77. The molecule has 0 spiro atoms. The number of aryl methyl sites for hydroxylation is 1. The first-order valence-electron chi connectivity index (χ1n) is 7.16. The lowest BCUT2D eigenvalue weighted by molar-refractivity contribution is -0.140. The van der Waals surface area contributed by atoms with E-state index in [1.165, 1.54) is 0 Å². The molecule has 0 bridgehead atoms. The van der Waals surface area contributed by atoms with Gasteiger partial charge in [0.05, 0.1) is 6.54 Å². The molecule has 2 fully saturated rings. The molecule has 1 amide bonds. The predicted octanol–water partition coefficient (Wildman–Crippen LogP) is 0.398. The monoisotopic (exact) mass is 263 g/mol. The first-order chi connectivity index (χ1) is 9.29. The minimum atomic E-state index is 0.272. The van der Waals surface area contributed by atoms with Crippen molar-refractivity contribution in [1.29, 1.82) is 0 Å². The maximum Gasteiger partial charge on any atom is 0.223 e. The molecule has 2 saturated heterocycles. The topological polar surface area (TPSA) is 63.1 Å². The van der Waals surface area contributed by atoms with Crippen LogP contribution in [0.25, 0.3) is 0 Å². The number of likely N-dealkylation sites (tertiary alicyclic amines) is 1. The predicted molar refractivity (Wildman–Crippen MR) is 70.2 cm³/mol. The van der Waals surface area contributed by atoms with Crippen LogP contribution >= 0.6 is 0 Å². The van der Waals surface area contributed by atoms with Gasteiger partial charge in [-0.3, -0.25) is 4.79 Å². The molecular weight excluding hydrogens is 242 g/mol. The fraction of sp³-hybridized carbons (Fsp3) is 0.769. The van der Waals surface area contributed by atoms with E-state index < -0.39 is 0 Å². The zero-order chi connectivity index (χ0) is 13.2. The van der Waals surface area contributed by atoms with E-state index >= 15 is 0 Å². The van der Waals surface area contributed by atoms with Gasteiger partial charge in [0.15, 0.2) is 0 Å². The van der Waals surface area contributed by atoms with Crippen LogP contribution in [0.3, 0.4) is 0 Å². The lowest BCUT2D eigenvalue weighted by Gasteiger charge is -2.43. The van der Waals surface area contributed by atoms with Gasteiger partial charge in [0.1, 0.15) is 12.2 Å². The van der Waals surface area contributed by atoms with Gasteiger partial charge in [0.25, 0.3) is 0 Å². The van der Waals surface area contributed by atoms with Crippen molar-refractivity contribution in [2.45, 2.75) is 45.3 Å². The summed E-state index contributed by atoms with van der Waals surface area (Å²) in [5, 5.41) is 7.61. The Morgan fingerprint density at radius 2 is 2.37 bits per heavy atom. The zero-order valence-corrected chi connectivity index (χ0v) is 11.4. The van der Waals surface area contributed by atoms with Crippen LogP contribution in [0.2, 0.25) is 0 Å². The third-order valence-electron chi connectivity index (χ3n) is 4.32. The molecule has 1 aromatic rings. The summed E-state index contributed by atoms with van der Waals surface area (Å²) in [6.45, 7) is 5.49. The Bertz CT molecular complexity index is 458. The smallest absolute Gasteiger partial charge is 0.223 e. The van der Waals surface area contributed by atoms with E-state index in [0.29, 0.717) is 24.9 Å². The Morgan fingerprint density at radius 1 is 1.47 bits per heavy atom. The van der Waals surface area contributed by atoms with Gasteiger partial charge in [-0.2, -0.15) is 5.10 Å². The number of carbonyl (C=O) groups is 1.